The molecule has 2 aromatic rings. The van der Waals surface area contributed by atoms with Crippen LogP contribution in [0.15, 0.2) is 42.6 Å². The number of aromatic nitrogens is 1. The number of amides is 1. The Balaban J connectivity index is 1.70. The molecule has 1 aromatic carbocycles. The van der Waals surface area contributed by atoms with E-state index in [0.717, 1.165) is 25.7 Å². The third kappa shape index (κ3) is 4.81. The predicted molar refractivity (Wildman–Crippen MR) is 116 cm³/mol. The Bertz CT molecular complexity index is 909. The number of nitrogens with one attached hydrogen (secondary N) is 1. The first-order valence-electron chi connectivity index (χ1n) is 10.7. The van der Waals surface area contributed by atoms with Gasteiger partial charge in [0.15, 0.2) is 17.2 Å². The summed E-state index contributed by atoms with van der Waals surface area (Å²) < 4.78 is 10.9. The highest BCUT2D eigenvalue weighted by molar-refractivity contribution is 5.97. The Kier molecular flexibility index (Phi) is 7.15. The topological polar surface area (TPSA) is 97.8 Å². The van der Waals surface area contributed by atoms with E-state index in [1.165, 1.54) is 31.4 Å². The highest BCUT2D eigenvalue weighted by Crippen LogP contribution is 2.43. The van der Waals surface area contributed by atoms with Gasteiger partial charge in [-0.25, -0.2) is 9.78 Å². The first-order valence-corrected chi connectivity index (χ1v) is 10.7. The van der Waals surface area contributed by atoms with Gasteiger partial charge in [0.05, 0.1) is 7.11 Å². The third-order valence-corrected chi connectivity index (χ3v) is 6.19. The molecule has 7 heteroatoms. The number of aromatic hydroxyl groups is 1. The zero-order chi connectivity index (χ0) is 22.4. The third-order valence-electron chi connectivity index (χ3n) is 6.19. The molecular weight excluding hydrogens is 396 g/mol. The monoisotopic (exact) mass is 426 g/mol. The summed E-state index contributed by atoms with van der Waals surface area (Å²) in [6.07, 6.45) is 6.27. The fraction of sp³-hybridized carbons (Fsp3) is 0.458. The van der Waals surface area contributed by atoms with Crippen LogP contribution in [0.25, 0.3) is 0 Å². The maximum Gasteiger partial charge on any atom is 0.328 e. The molecule has 2 N–H and O–H groups in total. The Labute approximate surface area is 182 Å². The number of pyridine rings is 1. The first-order chi connectivity index (χ1) is 14.9. The molecule has 7 nitrogen and oxygen atoms in total. The summed E-state index contributed by atoms with van der Waals surface area (Å²) >= 11 is 0. The van der Waals surface area contributed by atoms with E-state index in [1.54, 1.807) is 6.92 Å². The normalized spacial score (nSPS) is 17.3. The number of nitrogens with zero attached hydrogens (tertiary/aromatic N) is 1. The van der Waals surface area contributed by atoms with Gasteiger partial charge in [0.25, 0.3) is 5.91 Å². The zero-order valence-electron chi connectivity index (χ0n) is 18.3. The molecule has 1 saturated carbocycles. The van der Waals surface area contributed by atoms with Crippen molar-refractivity contribution in [3.05, 3.63) is 53.9 Å². The lowest BCUT2D eigenvalue weighted by Gasteiger charge is -2.42. The van der Waals surface area contributed by atoms with Crippen molar-refractivity contribution in [3.63, 3.8) is 0 Å². The quantitative estimate of drug-likeness (QED) is 0.655. The summed E-state index contributed by atoms with van der Waals surface area (Å²) in [6.45, 7) is 3.49. The molecule has 0 radical (unpaired) electrons. The van der Waals surface area contributed by atoms with Crippen LogP contribution < -0.4 is 10.1 Å². The van der Waals surface area contributed by atoms with E-state index in [1.807, 2.05) is 25.1 Å². The second-order valence-electron chi connectivity index (χ2n) is 8.07. The second-order valence-corrected chi connectivity index (χ2v) is 8.07. The van der Waals surface area contributed by atoms with Gasteiger partial charge in [0.2, 0.25) is 0 Å². The summed E-state index contributed by atoms with van der Waals surface area (Å²) in [5, 5.41) is 12.7. The molecule has 2 unspecified atom stereocenters. The summed E-state index contributed by atoms with van der Waals surface area (Å²) in [4.78, 5) is 29.2. The largest absolute Gasteiger partial charge is 0.503 e. The molecule has 0 spiro atoms. The molecule has 3 rings (SSSR count). The molecule has 1 aromatic heterocycles. The van der Waals surface area contributed by atoms with Crippen molar-refractivity contribution < 1.29 is 24.2 Å². The smallest absolute Gasteiger partial charge is 0.328 e. The van der Waals surface area contributed by atoms with Gasteiger partial charge in [0, 0.05) is 17.7 Å². The summed E-state index contributed by atoms with van der Waals surface area (Å²) in [5.74, 6) is -1.44. The average molecular weight is 427 g/mol. The van der Waals surface area contributed by atoms with Crippen molar-refractivity contribution in [3.8, 4) is 11.5 Å². The van der Waals surface area contributed by atoms with E-state index in [9.17, 15) is 14.7 Å². The minimum Gasteiger partial charge on any atom is -0.503 e. The van der Waals surface area contributed by atoms with E-state index >= 15 is 0 Å². The van der Waals surface area contributed by atoms with Gasteiger partial charge in [-0.15, -0.1) is 0 Å². The lowest BCUT2D eigenvalue weighted by atomic mass is 9.66. The fourth-order valence-electron chi connectivity index (χ4n) is 4.36. The van der Waals surface area contributed by atoms with Crippen LogP contribution in [0.1, 0.15) is 62.0 Å². The number of carbonyl (C=O) groups excluding carboxylic acids is 2. The van der Waals surface area contributed by atoms with E-state index in [-0.39, 0.29) is 28.7 Å². The Morgan fingerprint density at radius 2 is 1.77 bits per heavy atom. The average Bonchev–Trinajstić information content (AvgIpc) is 2.80. The summed E-state index contributed by atoms with van der Waals surface area (Å²) in [7, 11) is 1.38. The van der Waals surface area contributed by atoms with Crippen LogP contribution in [-0.4, -0.2) is 41.2 Å². The predicted octanol–water partition coefficient (Wildman–Crippen LogP) is 3.75. The molecular formula is C24H30N2O5. The number of ether oxygens (including phenoxy) is 2. The maximum atomic E-state index is 12.8. The number of rotatable bonds is 7. The molecule has 2 atom stereocenters. The lowest BCUT2D eigenvalue weighted by Crippen LogP contribution is -2.46. The van der Waals surface area contributed by atoms with Crippen LogP contribution in [0.3, 0.4) is 0 Å². The van der Waals surface area contributed by atoms with Crippen LogP contribution in [-0.2, 0) is 14.9 Å². The van der Waals surface area contributed by atoms with Gasteiger partial charge in [-0.05, 0) is 32.3 Å². The Hall–Kier alpha value is -3.09. The van der Waals surface area contributed by atoms with Crippen molar-refractivity contribution in [1.82, 2.24) is 10.3 Å². The molecule has 166 valence electrons. The number of hydrogen-bond acceptors (Lipinski definition) is 6. The lowest BCUT2D eigenvalue weighted by molar-refractivity contribution is -0.154. The molecule has 31 heavy (non-hydrogen) atoms. The van der Waals surface area contributed by atoms with Crippen molar-refractivity contribution >= 4 is 11.9 Å². The highest BCUT2D eigenvalue weighted by atomic mass is 16.5. The van der Waals surface area contributed by atoms with Gasteiger partial charge in [-0.3, -0.25) is 4.79 Å². The first kappa shape index (κ1) is 22.6. The van der Waals surface area contributed by atoms with E-state index in [4.69, 9.17) is 9.47 Å². The van der Waals surface area contributed by atoms with Crippen molar-refractivity contribution in [1.29, 1.82) is 0 Å². The van der Waals surface area contributed by atoms with Gasteiger partial charge >= 0.3 is 5.97 Å². The fourth-order valence-corrected chi connectivity index (χ4v) is 4.36. The molecule has 1 fully saturated rings. The molecule has 1 amide bonds. The van der Waals surface area contributed by atoms with Crippen LogP contribution in [0.5, 0.6) is 11.5 Å². The number of esters is 1. The van der Waals surface area contributed by atoms with Crippen LogP contribution >= 0.6 is 0 Å². The van der Waals surface area contributed by atoms with Crippen LogP contribution in [0.4, 0.5) is 0 Å². The van der Waals surface area contributed by atoms with Gasteiger partial charge < -0.3 is 19.9 Å². The molecule has 1 heterocycles. The highest BCUT2D eigenvalue weighted by Gasteiger charge is 2.41. The minimum absolute atomic E-state index is 0.131. The standard InChI is InChI=1S/C24H30N2O5/c1-16(26-22(28)20-21(27)19(30-3)12-15-25-20)23(29)31-17(2)24(13-8-5-9-14-24)18-10-6-4-7-11-18/h4,6-7,10-12,15-17,27H,5,8-9,13-14H2,1-3H3,(H,26,28). The van der Waals surface area contributed by atoms with Crippen LogP contribution in [0, 0.1) is 0 Å². The molecule has 0 bridgehead atoms. The van der Waals surface area contributed by atoms with Crippen LogP contribution in [0.2, 0.25) is 0 Å². The summed E-state index contributed by atoms with van der Waals surface area (Å²) in [6, 6.07) is 10.7. The number of benzene rings is 1. The van der Waals surface area contributed by atoms with Gasteiger partial charge in [-0.2, -0.15) is 0 Å². The van der Waals surface area contributed by atoms with Crippen molar-refractivity contribution in [2.24, 2.45) is 0 Å². The second kappa shape index (κ2) is 9.81. The molecule has 1 aliphatic rings. The van der Waals surface area contributed by atoms with E-state index < -0.39 is 17.9 Å². The molecule has 1 aliphatic carbocycles. The zero-order valence-corrected chi connectivity index (χ0v) is 18.3. The van der Waals surface area contributed by atoms with Crippen molar-refractivity contribution in [2.75, 3.05) is 7.11 Å². The molecule has 0 aliphatic heterocycles. The number of methoxy groups -OCH3 is 1. The Morgan fingerprint density at radius 3 is 2.42 bits per heavy atom. The minimum atomic E-state index is -0.904. The van der Waals surface area contributed by atoms with E-state index in [0.29, 0.717) is 0 Å². The SMILES string of the molecule is COc1ccnc(C(=O)NC(C)C(=O)OC(C)C2(c3ccccc3)CCCCC2)c1O. The molecule has 0 saturated heterocycles. The van der Waals surface area contributed by atoms with Gasteiger partial charge in [0.1, 0.15) is 12.1 Å². The van der Waals surface area contributed by atoms with Gasteiger partial charge in [-0.1, -0.05) is 49.6 Å². The van der Waals surface area contributed by atoms with E-state index in [2.05, 4.69) is 22.4 Å². The number of hydrogen-bond donors (Lipinski definition) is 2. The van der Waals surface area contributed by atoms with Crippen molar-refractivity contribution in [2.45, 2.75) is 63.5 Å². The summed E-state index contributed by atoms with van der Waals surface area (Å²) in [5.41, 5.74) is 0.739. The Morgan fingerprint density at radius 1 is 1.10 bits per heavy atom. The maximum absolute atomic E-state index is 12.8. The number of carbonyl (C=O) groups is 2.